The number of nitrogens with zero attached hydrogens (tertiary/aromatic N) is 3. The van der Waals surface area contributed by atoms with Crippen molar-refractivity contribution in [2.24, 2.45) is 0 Å². The number of nitrogens with one attached hydrogen (secondary N) is 2. The van der Waals surface area contributed by atoms with Gasteiger partial charge in [0.1, 0.15) is 0 Å². The zero-order chi connectivity index (χ0) is 20.3. The van der Waals surface area contributed by atoms with E-state index in [1.807, 2.05) is 37.3 Å². The average Bonchev–Trinajstić information content (AvgIpc) is 3.02. The van der Waals surface area contributed by atoms with Crippen LogP contribution in [0.4, 0.5) is 23.0 Å². The average molecular weight is 399 g/mol. The van der Waals surface area contributed by atoms with Gasteiger partial charge >= 0.3 is 0 Å². The summed E-state index contributed by atoms with van der Waals surface area (Å²) in [5.74, 6) is 0.0118. The lowest BCUT2D eigenvalue weighted by Gasteiger charge is -2.17. The molecule has 3 N–H and O–H groups in total. The summed E-state index contributed by atoms with van der Waals surface area (Å²) < 4.78 is 19.8. The van der Waals surface area contributed by atoms with Crippen molar-refractivity contribution in [2.45, 2.75) is 13.3 Å². The quantitative estimate of drug-likeness (QED) is 0.428. The van der Waals surface area contributed by atoms with Crippen molar-refractivity contribution in [3.63, 3.8) is 0 Å². The van der Waals surface area contributed by atoms with Crippen LogP contribution in [-0.4, -0.2) is 43.3 Å². The Morgan fingerprint density at radius 2 is 1.75 bits per heavy atom. The van der Waals surface area contributed by atoms with Crippen LogP contribution in [-0.2, 0) is 6.42 Å². The topological polar surface area (TPSA) is 113 Å². The third-order valence-electron chi connectivity index (χ3n) is 4.12. The number of benzene rings is 2. The monoisotopic (exact) mass is 399 g/mol. The van der Waals surface area contributed by atoms with Gasteiger partial charge in [0.15, 0.2) is 16.9 Å². The molecule has 146 valence electrons. The highest BCUT2D eigenvalue weighted by Crippen LogP contribution is 2.36. The van der Waals surface area contributed by atoms with E-state index in [1.165, 1.54) is 4.90 Å². The maximum Gasteiger partial charge on any atom is 0.257 e. The maximum absolute atomic E-state index is 12.5. The van der Waals surface area contributed by atoms with Gasteiger partial charge in [-0.25, -0.2) is 0 Å². The molecule has 8 nitrogen and oxygen atoms in total. The Labute approximate surface area is 166 Å². The molecule has 1 amide bonds. The predicted octanol–water partition coefficient (Wildman–Crippen LogP) is 3.66. The zero-order valence-electron chi connectivity index (χ0n) is 15.8. The highest BCUT2D eigenvalue weighted by atomic mass is 32.2. The van der Waals surface area contributed by atoms with Gasteiger partial charge in [0.25, 0.3) is 5.91 Å². The van der Waals surface area contributed by atoms with Gasteiger partial charge < -0.3 is 25.2 Å². The highest BCUT2D eigenvalue weighted by molar-refractivity contribution is 7.14. The van der Waals surface area contributed by atoms with Crippen LogP contribution in [0, 0.1) is 0 Å². The molecule has 1 aromatic heterocycles. The Bertz CT molecular complexity index is 989. The van der Waals surface area contributed by atoms with Crippen LogP contribution >= 0.6 is 11.1 Å². The number of amides is 1. The normalized spacial score (nSPS) is 11.2. The summed E-state index contributed by atoms with van der Waals surface area (Å²) >= 11 is -1.77. The van der Waals surface area contributed by atoms with E-state index in [1.54, 1.807) is 26.2 Å². The van der Waals surface area contributed by atoms with Crippen molar-refractivity contribution in [2.75, 3.05) is 24.7 Å². The molecule has 0 saturated carbocycles. The molecule has 28 heavy (non-hydrogen) atoms. The molecule has 0 spiro atoms. The summed E-state index contributed by atoms with van der Waals surface area (Å²) in [5.41, 5.74) is 1.99. The minimum Gasteiger partial charge on any atom is -0.546 e. The summed E-state index contributed by atoms with van der Waals surface area (Å²) in [4.78, 5) is 13.9. The number of carbonyl (C=O) groups is 1. The third kappa shape index (κ3) is 4.05. The highest BCUT2D eigenvalue weighted by Gasteiger charge is 2.23. The van der Waals surface area contributed by atoms with Crippen molar-refractivity contribution >= 4 is 40.1 Å². The second-order valence-electron chi connectivity index (χ2n) is 6.28. The summed E-state index contributed by atoms with van der Waals surface area (Å²) in [6.45, 7) is 1.91. The number of anilines is 4. The summed E-state index contributed by atoms with van der Waals surface area (Å²) in [5, 5.41) is 16.7. The Kier molecular flexibility index (Phi) is 5.76. The van der Waals surface area contributed by atoms with Crippen molar-refractivity contribution in [3.05, 3.63) is 53.6 Å². The molecule has 0 saturated heterocycles. The molecule has 1 heterocycles. The third-order valence-corrected chi connectivity index (χ3v) is 4.80. The minimum absolute atomic E-state index is 0.183. The van der Waals surface area contributed by atoms with E-state index in [0.29, 0.717) is 6.42 Å². The van der Waals surface area contributed by atoms with E-state index in [4.69, 9.17) is 0 Å². The van der Waals surface area contributed by atoms with Crippen LogP contribution in [0.25, 0.3) is 0 Å². The molecule has 1 atom stereocenters. The van der Waals surface area contributed by atoms with E-state index < -0.39 is 11.1 Å². The number of hydrogen-bond donors (Lipinski definition) is 3. The fourth-order valence-corrected chi connectivity index (χ4v) is 3.32. The van der Waals surface area contributed by atoms with Gasteiger partial charge in [-0.05, 0) is 30.2 Å². The van der Waals surface area contributed by atoms with Crippen LogP contribution in [0.5, 0.6) is 5.75 Å². The Hall–Kier alpha value is -3.17. The second kappa shape index (κ2) is 8.24. The Morgan fingerprint density at radius 1 is 1.11 bits per heavy atom. The van der Waals surface area contributed by atoms with E-state index >= 15 is 0 Å². The number of aromatic nitrogens is 2. The largest absolute Gasteiger partial charge is 0.546 e. The molecule has 0 fully saturated rings. The first-order valence-corrected chi connectivity index (χ1v) is 9.72. The smallest absolute Gasteiger partial charge is 0.257 e. The van der Waals surface area contributed by atoms with Crippen LogP contribution in [0.1, 0.15) is 22.8 Å². The fraction of sp³-hybridized carbons (Fsp3) is 0.211. The molecule has 0 aliphatic rings. The molecule has 9 heteroatoms. The van der Waals surface area contributed by atoms with Crippen LogP contribution in [0.15, 0.2) is 42.5 Å². The number of aromatic hydroxyl groups is 1. The van der Waals surface area contributed by atoms with Gasteiger partial charge in [0, 0.05) is 28.5 Å². The molecular weight excluding hydrogens is 378 g/mol. The van der Waals surface area contributed by atoms with Gasteiger partial charge in [-0.1, -0.05) is 31.2 Å². The lowest BCUT2D eigenvalue weighted by Crippen LogP contribution is -2.23. The van der Waals surface area contributed by atoms with Crippen LogP contribution in [0.3, 0.4) is 0 Å². The molecule has 0 bridgehead atoms. The lowest BCUT2D eigenvalue weighted by molar-refractivity contribution is 0.0823. The molecule has 2 aromatic carbocycles. The minimum atomic E-state index is -1.77. The molecule has 3 aromatic rings. The number of carbonyl (C=O) groups excluding carboxylic acids is 1. The Morgan fingerprint density at radius 3 is 2.36 bits per heavy atom. The van der Waals surface area contributed by atoms with Crippen molar-refractivity contribution in [1.82, 2.24) is 13.6 Å². The fourth-order valence-electron chi connectivity index (χ4n) is 2.70. The van der Waals surface area contributed by atoms with E-state index in [0.717, 1.165) is 11.3 Å². The molecule has 3 rings (SSSR count). The number of phenols is 1. The van der Waals surface area contributed by atoms with Crippen LogP contribution in [0.2, 0.25) is 0 Å². The first kappa shape index (κ1) is 19.6. The summed E-state index contributed by atoms with van der Waals surface area (Å²) in [6, 6.07) is 12.7. The van der Waals surface area contributed by atoms with Gasteiger partial charge in [-0.2, -0.15) is 0 Å². The molecule has 0 aliphatic carbocycles. The number of para-hydroxylation sites is 1. The summed E-state index contributed by atoms with van der Waals surface area (Å²) in [6.07, 6.45) is 0.593. The van der Waals surface area contributed by atoms with Gasteiger partial charge in [0.05, 0.1) is 11.3 Å². The van der Waals surface area contributed by atoms with Gasteiger partial charge in [-0.3, -0.25) is 4.79 Å². The molecular formula is C19H21N5O3S. The Balaban J connectivity index is 1.96. The van der Waals surface area contributed by atoms with Crippen molar-refractivity contribution in [1.29, 1.82) is 0 Å². The van der Waals surface area contributed by atoms with Crippen molar-refractivity contribution in [3.8, 4) is 5.75 Å². The lowest BCUT2D eigenvalue weighted by atomic mass is 10.0. The maximum atomic E-state index is 12.5. The van der Waals surface area contributed by atoms with Gasteiger partial charge in [0.2, 0.25) is 11.6 Å². The number of rotatable bonds is 6. The standard InChI is InChI=1S/C19H21N5O3S/c1-4-12-10-11-14(16(25)15(12)19(26)24(2)3)21-18-17(22-28(27)23-18)20-13-8-6-5-7-9-13/h5-11,25H,4H2,1-3H3,(H,20,22)(H,21,23). The molecule has 1 unspecified atom stereocenters. The van der Waals surface area contributed by atoms with E-state index in [-0.39, 0.29) is 34.5 Å². The number of hydrogen-bond acceptors (Lipinski definition) is 7. The SMILES string of the molecule is CCc1ccc(Nc2n[s+]([O-])nc2Nc2ccccc2)c(O)c1C(=O)N(C)C. The molecule has 0 radical (unpaired) electrons. The first-order chi connectivity index (χ1) is 13.4. The van der Waals surface area contributed by atoms with E-state index in [2.05, 4.69) is 19.4 Å². The van der Waals surface area contributed by atoms with Crippen LogP contribution < -0.4 is 10.6 Å². The van der Waals surface area contributed by atoms with Crippen molar-refractivity contribution < 1.29 is 14.5 Å². The second-order valence-corrected chi connectivity index (χ2v) is 7.10. The molecule has 0 aliphatic heterocycles. The van der Waals surface area contributed by atoms with Gasteiger partial charge in [-0.15, -0.1) is 0 Å². The van der Waals surface area contributed by atoms with E-state index in [9.17, 15) is 14.5 Å². The zero-order valence-corrected chi connectivity index (χ0v) is 16.6. The number of phenolic OH excluding ortho intramolecular Hbond substituents is 1. The first-order valence-electron chi connectivity index (χ1n) is 8.66. The summed E-state index contributed by atoms with van der Waals surface area (Å²) in [7, 11) is 3.25. The predicted molar refractivity (Wildman–Crippen MR) is 109 cm³/mol. The number of aryl methyl sites for hydroxylation is 1.